The monoisotopic (exact) mass is 1060 g/mol. The molecule has 422 valence electrons. The predicted molar refractivity (Wildman–Crippen MR) is 285 cm³/mol. The lowest BCUT2D eigenvalue weighted by molar-refractivity contribution is -0.159. The molecule has 1 saturated heterocycles. The number of rotatable bonds is 25. The number of hydrogen-bond acceptors (Lipinski definition) is 13. The van der Waals surface area contributed by atoms with Gasteiger partial charge in [0, 0.05) is 34.2 Å². The highest BCUT2D eigenvalue weighted by molar-refractivity contribution is 6.20. The summed E-state index contributed by atoms with van der Waals surface area (Å²) in [5.41, 5.74) is -0.548. The van der Waals surface area contributed by atoms with Crippen LogP contribution in [0.1, 0.15) is 142 Å². The Morgan fingerprint density at radius 1 is 0.763 bits per heavy atom. The number of ether oxygens (including phenoxy) is 4. The van der Waals surface area contributed by atoms with Gasteiger partial charge in [-0.15, -0.1) is 5.06 Å². The minimum Gasteiger partial charge on any atom is -0.458 e. The highest BCUT2D eigenvalue weighted by Crippen LogP contribution is 2.31. The Balaban J connectivity index is 1.53. The van der Waals surface area contributed by atoms with Crippen molar-refractivity contribution in [3.8, 4) is 0 Å². The fraction of sp³-hybridized carbons (Fsp3) is 0.649. The number of methoxy groups -OCH3 is 2. The second-order valence-electron chi connectivity index (χ2n) is 22.7. The normalized spacial score (nSPS) is 18.0. The lowest BCUT2D eigenvalue weighted by atomic mass is 9.89. The number of imide groups is 1. The number of hydroxylamine groups is 2. The van der Waals surface area contributed by atoms with E-state index in [1.807, 2.05) is 44.2 Å². The summed E-state index contributed by atoms with van der Waals surface area (Å²) in [6.45, 7) is 22.9. The van der Waals surface area contributed by atoms with E-state index in [0.717, 1.165) is 5.56 Å². The summed E-state index contributed by atoms with van der Waals surface area (Å²) in [6.07, 6.45) is -0.466. The van der Waals surface area contributed by atoms with E-state index in [1.165, 1.54) is 36.2 Å². The summed E-state index contributed by atoms with van der Waals surface area (Å²) in [5.74, 6) is -5.60. The van der Waals surface area contributed by atoms with Crippen molar-refractivity contribution in [3.63, 3.8) is 0 Å². The Morgan fingerprint density at radius 2 is 1.34 bits per heavy atom. The Labute approximate surface area is 450 Å². The van der Waals surface area contributed by atoms with Crippen molar-refractivity contribution in [2.45, 2.75) is 176 Å². The van der Waals surface area contributed by atoms with Crippen molar-refractivity contribution in [2.75, 3.05) is 41.0 Å². The molecule has 2 aromatic rings. The fourth-order valence-corrected chi connectivity index (χ4v) is 9.98. The molecule has 19 nitrogen and oxygen atoms in total. The zero-order valence-electron chi connectivity index (χ0n) is 47.8. The average Bonchev–Trinajstić information content (AvgIpc) is 3.93. The summed E-state index contributed by atoms with van der Waals surface area (Å²) in [5, 5.41) is 6.50. The summed E-state index contributed by atoms with van der Waals surface area (Å²) < 4.78 is 23.6. The number of likely N-dealkylation sites (tertiary alicyclic amines) is 1. The third kappa shape index (κ3) is 16.3. The van der Waals surface area contributed by atoms with Gasteiger partial charge in [0.25, 0.3) is 11.8 Å². The van der Waals surface area contributed by atoms with Crippen molar-refractivity contribution in [2.24, 2.45) is 23.7 Å². The number of carbonyl (C=O) groups is 8. The van der Waals surface area contributed by atoms with Crippen LogP contribution in [-0.4, -0.2) is 162 Å². The minimum absolute atomic E-state index is 0.115. The number of fused-ring (bicyclic) bond motifs is 1. The van der Waals surface area contributed by atoms with Crippen molar-refractivity contribution >= 4 is 47.5 Å². The summed E-state index contributed by atoms with van der Waals surface area (Å²) in [4.78, 5) is 122. The molecule has 2 aliphatic heterocycles. The highest BCUT2D eigenvalue weighted by Gasteiger charge is 2.45. The van der Waals surface area contributed by atoms with E-state index in [2.05, 4.69) is 10.6 Å². The Hall–Kier alpha value is -5.92. The first kappa shape index (κ1) is 62.6. The van der Waals surface area contributed by atoms with Gasteiger partial charge in [0.2, 0.25) is 23.6 Å². The maximum atomic E-state index is 14.9. The van der Waals surface area contributed by atoms with Gasteiger partial charge < -0.3 is 39.4 Å². The van der Waals surface area contributed by atoms with Gasteiger partial charge in [-0.05, 0) is 89.8 Å². The molecule has 4 rings (SSSR count). The first-order chi connectivity index (χ1) is 35.6. The lowest BCUT2D eigenvalue weighted by Gasteiger charge is -2.41. The van der Waals surface area contributed by atoms with Crippen LogP contribution in [0.4, 0.5) is 4.79 Å². The first-order valence-electron chi connectivity index (χ1n) is 26.7. The molecule has 0 unspecified atom stereocenters. The molecule has 9 atom stereocenters. The molecule has 0 bridgehead atoms. The number of likely N-dealkylation sites (N-methyl/N-ethyl adjacent to an activating group) is 1. The van der Waals surface area contributed by atoms with Gasteiger partial charge in [0.05, 0.1) is 60.9 Å². The third-order valence-corrected chi connectivity index (χ3v) is 14.0. The van der Waals surface area contributed by atoms with E-state index in [4.69, 9.17) is 23.8 Å². The molecule has 0 aliphatic carbocycles. The summed E-state index contributed by atoms with van der Waals surface area (Å²) in [6, 6.07) is 11.2. The third-order valence-electron chi connectivity index (χ3n) is 14.0. The second-order valence-corrected chi connectivity index (χ2v) is 22.7. The summed E-state index contributed by atoms with van der Waals surface area (Å²) in [7, 11) is 4.62. The van der Waals surface area contributed by atoms with E-state index in [-0.39, 0.29) is 48.9 Å². The fourth-order valence-electron chi connectivity index (χ4n) is 9.98. The van der Waals surface area contributed by atoms with E-state index in [9.17, 15) is 38.4 Å². The van der Waals surface area contributed by atoms with Crippen molar-refractivity contribution < 1.29 is 62.1 Å². The van der Waals surface area contributed by atoms with E-state index < -0.39 is 113 Å². The maximum absolute atomic E-state index is 14.9. The molecule has 2 N–H and O–H groups in total. The van der Waals surface area contributed by atoms with Gasteiger partial charge in [-0.25, -0.2) is 9.59 Å². The number of hydrogen-bond donors (Lipinski definition) is 2. The Bertz CT molecular complexity index is 2300. The molecule has 0 radical (unpaired) electrons. The van der Waals surface area contributed by atoms with Gasteiger partial charge in [-0.3, -0.25) is 38.5 Å². The van der Waals surface area contributed by atoms with Crippen LogP contribution in [0.3, 0.4) is 0 Å². The van der Waals surface area contributed by atoms with Crippen LogP contribution >= 0.6 is 0 Å². The number of amides is 7. The minimum atomic E-state index is -1.20. The van der Waals surface area contributed by atoms with Gasteiger partial charge in [-0.1, -0.05) is 97.4 Å². The van der Waals surface area contributed by atoms with Crippen molar-refractivity contribution in [1.29, 1.82) is 0 Å². The summed E-state index contributed by atoms with van der Waals surface area (Å²) >= 11 is 0. The average molecular weight is 1060 g/mol. The van der Waals surface area contributed by atoms with Crippen molar-refractivity contribution in [1.82, 2.24) is 30.4 Å². The van der Waals surface area contributed by atoms with Gasteiger partial charge in [0.15, 0.2) is 0 Å². The lowest BCUT2D eigenvalue weighted by Crippen LogP contribution is -2.61. The topological polar surface area (TPSA) is 220 Å². The van der Waals surface area contributed by atoms with E-state index in [0.29, 0.717) is 30.9 Å². The second kappa shape index (κ2) is 27.4. The standard InChI is InChI=1S/C57H86N6O13/c1-17-36(6)47(43(72-15)33-44(64)61-29-23-28-42(61)48(73-16)37(7)49(65)58-41(54(70)75-56(8,9)10)32-38-24-19-18-20-25-38)60(14)53(69)45(34(2)3)59-50(66)46(35(4)5)62(55(71)76-57(11,12)13)30-31-74-63-51(67)39-26-21-22-27-40(39)52(63)68/h18-22,24-27,34-37,41-43,45-48H,17,23,28-33H2,1-16H3,(H,58,65)(H,59,66)/t36-,37+,41-,42-,43+,45-,46-,47-,48+/m0/s1. The predicted octanol–water partition coefficient (Wildman–Crippen LogP) is 6.61. The first-order valence-corrected chi connectivity index (χ1v) is 26.7. The van der Waals surface area contributed by atoms with Crippen LogP contribution in [0.5, 0.6) is 0 Å². The SMILES string of the molecule is CC[C@H](C)[C@@H]([C@@H](CC(=O)N1CCC[C@H]1[C@H](OC)[C@@H](C)C(=O)N[C@@H](Cc1ccccc1)C(=O)OC(C)(C)C)OC)N(C)C(=O)[C@@H](NC(=O)[C@H](C(C)C)N(CCON1C(=O)c2ccccc2C1=O)C(=O)OC(C)(C)C)C(C)C. The van der Waals surface area contributed by atoms with E-state index in [1.54, 1.807) is 100 Å². The highest BCUT2D eigenvalue weighted by atomic mass is 16.7. The molecule has 0 aromatic heterocycles. The zero-order valence-corrected chi connectivity index (χ0v) is 47.8. The van der Waals surface area contributed by atoms with Gasteiger partial charge in [-0.2, -0.15) is 0 Å². The molecule has 2 heterocycles. The largest absolute Gasteiger partial charge is 0.458 e. The number of nitrogens with zero attached hydrogens (tertiary/aromatic N) is 4. The number of nitrogens with one attached hydrogen (secondary N) is 2. The zero-order chi connectivity index (χ0) is 57.0. The maximum Gasteiger partial charge on any atom is 0.411 e. The van der Waals surface area contributed by atoms with E-state index >= 15 is 0 Å². The molecule has 2 aliphatic rings. The van der Waals surface area contributed by atoms with Crippen molar-refractivity contribution in [3.05, 3.63) is 71.3 Å². The molecule has 0 spiro atoms. The smallest absolute Gasteiger partial charge is 0.411 e. The van der Waals surface area contributed by atoms with Gasteiger partial charge in [0.1, 0.15) is 29.3 Å². The van der Waals surface area contributed by atoms with Crippen LogP contribution in [0.15, 0.2) is 54.6 Å². The molecule has 0 saturated carbocycles. The molecular weight excluding hydrogens is 977 g/mol. The number of carbonyl (C=O) groups excluding carboxylic acids is 8. The molecule has 2 aromatic carbocycles. The molecule has 1 fully saturated rings. The Kier molecular flexibility index (Phi) is 22.6. The van der Waals surface area contributed by atoms with Crippen LogP contribution < -0.4 is 10.6 Å². The van der Waals surface area contributed by atoms with Crippen LogP contribution in [0.25, 0.3) is 0 Å². The quantitative estimate of drug-likeness (QED) is 0.0792. The van der Waals surface area contributed by atoms with Crippen LogP contribution in [0.2, 0.25) is 0 Å². The number of benzene rings is 2. The van der Waals surface area contributed by atoms with Crippen LogP contribution in [0, 0.1) is 23.7 Å². The molecular formula is C57H86N6O13. The molecule has 76 heavy (non-hydrogen) atoms. The molecule has 7 amide bonds. The van der Waals surface area contributed by atoms with Crippen LogP contribution in [-0.2, 0) is 54.2 Å². The molecule has 19 heteroatoms. The number of esters is 1. The van der Waals surface area contributed by atoms with Gasteiger partial charge >= 0.3 is 12.1 Å². The Morgan fingerprint density at radius 3 is 1.86 bits per heavy atom.